The molecule has 0 aromatic heterocycles. The van der Waals surface area contributed by atoms with Gasteiger partial charge in [-0.25, -0.2) is 13.2 Å². The van der Waals surface area contributed by atoms with E-state index in [9.17, 15) is 31.5 Å². The number of likely N-dealkylation sites (N-methyl/N-ethyl adjacent to an activating group) is 1. The number of sulfonamides is 1. The summed E-state index contributed by atoms with van der Waals surface area (Å²) in [6, 6.07) is 10.8. The van der Waals surface area contributed by atoms with Gasteiger partial charge < -0.3 is 15.5 Å². The number of nitrogens with one attached hydrogen (secondary N) is 1. The first-order chi connectivity index (χ1) is 17.6. The maximum absolute atomic E-state index is 13.7. The Morgan fingerprint density at radius 2 is 1.76 bits per heavy atom. The van der Waals surface area contributed by atoms with E-state index in [1.165, 1.54) is 11.1 Å². The lowest BCUT2D eigenvalue weighted by molar-refractivity contribution is -0.140. The monoisotopic (exact) mass is 554 g/mol. The highest BCUT2D eigenvalue weighted by molar-refractivity contribution is 7.89. The molecular formula is C27H33F3N2O5S. The molecule has 0 unspecified atom stereocenters. The van der Waals surface area contributed by atoms with Crippen LogP contribution in [0.2, 0.25) is 0 Å². The van der Waals surface area contributed by atoms with E-state index in [1.807, 2.05) is 26.0 Å². The molecular weight excluding hydrogens is 521 g/mol. The van der Waals surface area contributed by atoms with E-state index in [0.717, 1.165) is 44.5 Å². The van der Waals surface area contributed by atoms with Crippen LogP contribution >= 0.6 is 0 Å². The molecule has 1 aliphatic carbocycles. The number of hydrogen-bond acceptors (Lipinski definition) is 5. The molecule has 2 aromatic rings. The van der Waals surface area contributed by atoms with Gasteiger partial charge in [-0.05, 0) is 73.9 Å². The molecule has 2 aromatic carbocycles. The van der Waals surface area contributed by atoms with Crippen LogP contribution in [0.15, 0.2) is 53.4 Å². The van der Waals surface area contributed by atoms with Gasteiger partial charge in [0, 0.05) is 31.8 Å². The number of aliphatic hydroxyl groups excluding tert-OH is 1. The molecule has 0 saturated heterocycles. The second-order valence-corrected chi connectivity index (χ2v) is 12.4. The van der Waals surface area contributed by atoms with E-state index in [0.29, 0.717) is 22.4 Å². The fourth-order valence-electron chi connectivity index (χ4n) is 4.87. The van der Waals surface area contributed by atoms with Crippen molar-refractivity contribution in [3.05, 3.63) is 70.8 Å². The van der Waals surface area contributed by atoms with Gasteiger partial charge in [-0.3, -0.25) is 0 Å². The van der Waals surface area contributed by atoms with Crippen LogP contribution in [-0.2, 0) is 33.8 Å². The summed E-state index contributed by atoms with van der Waals surface area (Å²) in [5.74, 6) is -0.918. The Morgan fingerprint density at radius 3 is 2.32 bits per heavy atom. The Labute approximate surface area is 221 Å². The Kier molecular flexibility index (Phi) is 9.08. The van der Waals surface area contributed by atoms with Gasteiger partial charge in [0.05, 0.1) is 16.6 Å². The number of β-amino-alcohol motifs (C(OH)–C–C–N with tert-alkyl or cyclic N) is 1. The van der Waals surface area contributed by atoms with E-state index >= 15 is 0 Å². The van der Waals surface area contributed by atoms with Crippen LogP contribution in [0.4, 0.5) is 13.2 Å². The van der Waals surface area contributed by atoms with Crippen molar-refractivity contribution in [3.63, 3.8) is 0 Å². The average molecular weight is 555 g/mol. The van der Waals surface area contributed by atoms with Gasteiger partial charge in [-0.2, -0.15) is 17.5 Å². The Morgan fingerprint density at radius 1 is 1.16 bits per heavy atom. The van der Waals surface area contributed by atoms with Gasteiger partial charge >= 0.3 is 12.1 Å². The number of halogens is 3. The van der Waals surface area contributed by atoms with Crippen LogP contribution in [0, 0.1) is 5.92 Å². The summed E-state index contributed by atoms with van der Waals surface area (Å²) in [6.45, 7) is 3.63. The summed E-state index contributed by atoms with van der Waals surface area (Å²) in [5.41, 5.74) is 0.795. The van der Waals surface area contributed by atoms with Gasteiger partial charge in [0.1, 0.15) is 0 Å². The summed E-state index contributed by atoms with van der Waals surface area (Å²) in [4.78, 5) is 9.71. The van der Waals surface area contributed by atoms with Crippen molar-refractivity contribution in [2.45, 2.75) is 55.8 Å². The average Bonchev–Trinajstić information content (AvgIpc) is 3.22. The topological polar surface area (TPSA) is 107 Å². The number of benzene rings is 2. The zero-order valence-corrected chi connectivity index (χ0v) is 22.3. The fourth-order valence-corrected chi connectivity index (χ4v) is 6.27. The van der Waals surface area contributed by atoms with E-state index in [2.05, 4.69) is 17.4 Å². The molecule has 1 atom stereocenters. The summed E-state index contributed by atoms with van der Waals surface area (Å²) in [7, 11) is -3.50. The minimum Gasteiger partial charge on any atom is -0.478 e. The number of carboxylic acid groups (broad SMARTS) is 1. The Bertz CT molecular complexity index is 1270. The molecule has 0 heterocycles. The molecule has 0 aliphatic heterocycles. The first-order valence-electron chi connectivity index (χ1n) is 12.2. The highest BCUT2D eigenvalue weighted by Gasteiger charge is 2.39. The van der Waals surface area contributed by atoms with Gasteiger partial charge in [0.25, 0.3) is 0 Å². The molecule has 11 heteroatoms. The molecule has 1 aliphatic rings. The minimum atomic E-state index is -5.00. The van der Waals surface area contributed by atoms with Crippen molar-refractivity contribution in [2.75, 3.05) is 20.1 Å². The van der Waals surface area contributed by atoms with Crippen LogP contribution in [0.25, 0.3) is 6.08 Å². The second-order valence-electron chi connectivity index (χ2n) is 10.4. The third-order valence-electron chi connectivity index (χ3n) is 6.63. The highest BCUT2D eigenvalue weighted by atomic mass is 32.2. The van der Waals surface area contributed by atoms with Gasteiger partial charge in [0.2, 0.25) is 10.0 Å². The first-order valence-corrected chi connectivity index (χ1v) is 13.6. The van der Waals surface area contributed by atoms with Crippen molar-refractivity contribution in [2.24, 2.45) is 5.92 Å². The number of carboxylic acids is 1. The largest absolute Gasteiger partial charge is 0.478 e. The third-order valence-corrected chi connectivity index (χ3v) is 8.52. The highest BCUT2D eigenvalue weighted by Crippen LogP contribution is 2.36. The van der Waals surface area contributed by atoms with Crippen LogP contribution in [-0.4, -0.2) is 60.7 Å². The van der Waals surface area contributed by atoms with Crippen LogP contribution in [0.5, 0.6) is 0 Å². The molecule has 7 nitrogen and oxygen atoms in total. The lowest BCUT2D eigenvalue weighted by Gasteiger charge is -2.31. The van der Waals surface area contributed by atoms with Crippen molar-refractivity contribution in [1.29, 1.82) is 0 Å². The van der Waals surface area contributed by atoms with Crippen LogP contribution < -0.4 is 5.32 Å². The molecule has 38 heavy (non-hydrogen) atoms. The molecule has 3 N–H and O–H groups in total. The van der Waals surface area contributed by atoms with Crippen LogP contribution in [0.3, 0.4) is 0 Å². The maximum atomic E-state index is 13.7. The normalized spacial score (nSPS) is 15.8. The Balaban J connectivity index is 1.64. The number of rotatable bonds is 11. The van der Waals surface area contributed by atoms with Gasteiger partial charge in [-0.15, -0.1) is 0 Å². The number of alkyl halides is 3. The number of carbonyl (C=O) groups is 1. The summed E-state index contributed by atoms with van der Waals surface area (Å²) in [5, 5.41) is 22.5. The number of nitrogens with zero attached hydrogens (tertiary/aromatic N) is 1. The lowest BCUT2D eigenvalue weighted by atomic mass is 9.88. The number of fused-ring (bicyclic) bond motifs is 1. The lowest BCUT2D eigenvalue weighted by Crippen LogP contribution is -2.47. The predicted molar refractivity (Wildman–Crippen MR) is 138 cm³/mol. The molecule has 0 spiro atoms. The number of aliphatic hydroxyl groups is 1. The smallest absolute Gasteiger partial charge is 0.417 e. The van der Waals surface area contributed by atoms with Crippen molar-refractivity contribution in [3.8, 4) is 0 Å². The van der Waals surface area contributed by atoms with E-state index < -0.39 is 45.3 Å². The molecule has 0 saturated carbocycles. The number of aliphatic carboxylic acids is 1. The molecule has 0 radical (unpaired) electrons. The van der Waals surface area contributed by atoms with Crippen molar-refractivity contribution < 1.29 is 36.6 Å². The zero-order valence-electron chi connectivity index (χ0n) is 21.5. The zero-order chi connectivity index (χ0) is 28.3. The SMILES string of the molecule is CN(C[C@H](O)CNC(C)(C)CC1Cc2ccccc2C1)S(=O)(=O)c1ccc(C=CC(=O)O)cc1C(F)(F)F. The fraction of sp³-hybridized carbons (Fsp3) is 0.444. The van der Waals surface area contributed by atoms with E-state index in [-0.39, 0.29) is 17.6 Å². The van der Waals surface area contributed by atoms with Crippen LogP contribution in [0.1, 0.15) is 42.5 Å². The molecule has 3 rings (SSSR count). The van der Waals surface area contributed by atoms with Gasteiger partial charge in [-0.1, -0.05) is 30.3 Å². The predicted octanol–water partition coefficient (Wildman–Crippen LogP) is 3.96. The minimum absolute atomic E-state index is 0.0532. The second kappa shape index (κ2) is 11.6. The standard InChI is InChI=1S/C27H33F3N2O5S/c1-26(2,15-19-12-20-6-4-5-7-21(20)13-19)31-16-22(33)17-32(3)38(36,37)24-10-8-18(9-11-25(34)35)14-23(24)27(28,29)30/h4-11,14,19,22,31,33H,12-13,15-17H2,1-3H3,(H,34,35)/t22-/m1/s1. The first kappa shape index (κ1) is 29.8. The quantitative estimate of drug-likeness (QED) is 0.363. The molecule has 0 amide bonds. The summed E-state index contributed by atoms with van der Waals surface area (Å²) < 4.78 is 67.9. The van der Waals surface area contributed by atoms with Crippen molar-refractivity contribution >= 4 is 22.1 Å². The molecule has 208 valence electrons. The van der Waals surface area contributed by atoms with E-state index in [1.54, 1.807) is 0 Å². The number of hydrogen-bond donors (Lipinski definition) is 3. The maximum Gasteiger partial charge on any atom is 0.417 e. The van der Waals surface area contributed by atoms with Gasteiger partial charge in [0.15, 0.2) is 0 Å². The molecule has 0 bridgehead atoms. The van der Waals surface area contributed by atoms with Crippen molar-refractivity contribution in [1.82, 2.24) is 9.62 Å². The Hall–Kier alpha value is -2.73. The summed E-state index contributed by atoms with van der Waals surface area (Å²) >= 11 is 0. The third kappa shape index (κ3) is 7.66. The molecule has 0 fully saturated rings. The van der Waals surface area contributed by atoms with E-state index in [4.69, 9.17) is 5.11 Å². The summed E-state index contributed by atoms with van der Waals surface area (Å²) in [6.07, 6.45) is -1.79.